The van der Waals surface area contributed by atoms with Gasteiger partial charge in [0.15, 0.2) is 0 Å². The summed E-state index contributed by atoms with van der Waals surface area (Å²) >= 11 is 0. The van der Waals surface area contributed by atoms with E-state index in [9.17, 15) is 8.42 Å². The van der Waals surface area contributed by atoms with Crippen LogP contribution in [0, 0.1) is 6.92 Å². The van der Waals surface area contributed by atoms with Gasteiger partial charge in [0, 0.05) is 17.7 Å². The molecule has 0 bridgehead atoms. The SMILES string of the molecule is CNCc1ccc(-c2ccc(C)o2)c(-c2ccccc2S(N)(=O)=O)c1. The Labute approximate surface area is 147 Å². The lowest BCUT2D eigenvalue weighted by atomic mass is 9.95. The summed E-state index contributed by atoms with van der Waals surface area (Å²) in [5.41, 5.74) is 3.19. The van der Waals surface area contributed by atoms with Crippen molar-refractivity contribution in [2.45, 2.75) is 18.4 Å². The van der Waals surface area contributed by atoms with E-state index in [-0.39, 0.29) is 4.90 Å². The highest BCUT2D eigenvalue weighted by Gasteiger charge is 2.19. The van der Waals surface area contributed by atoms with Gasteiger partial charge >= 0.3 is 0 Å². The van der Waals surface area contributed by atoms with Gasteiger partial charge in [0.25, 0.3) is 0 Å². The number of sulfonamides is 1. The minimum absolute atomic E-state index is 0.0983. The fourth-order valence-electron chi connectivity index (χ4n) is 2.86. The molecule has 3 rings (SSSR count). The number of furan rings is 1. The van der Waals surface area contributed by atoms with E-state index in [0.717, 1.165) is 22.5 Å². The topological polar surface area (TPSA) is 85.3 Å². The predicted molar refractivity (Wildman–Crippen MR) is 98.5 cm³/mol. The van der Waals surface area contributed by atoms with Crippen LogP contribution in [0.5, 0.6) is 0 Å². The lowest BCUT2D eigenvalue weighted by Crippen LogP contribution is -2.13. The first-order chi connectivity index (χ1) is 11.9. The summed E-state index contributed by atoms with van der Waals surface area (Å²) in [7, 11) is -1.98. The van der Waals surface area contributed by atoms with Crippen LogP contribution >= 0.6 is 0 Å². The first-order valence-electron chi connectivity index (χ1n) is 7.86. The Morgan fingerprint density at radius 3 is 2.40 bits per heavy atom. The molecule has 0 aliphatic rings. The maximum Gasteiger partial charge on any atom is 0.238 e. The molecule has 3 aromatic rings. The largest absolute Gasteiger partial charge is 0.461 e. The second-order valence-electron chi connectivity index (χ2n) is 5.86. The van der Waals surface area contributed by atoms with Gasteiger partial charge in [-0.1, -0.05) is 30.3 Å². The molecule has 0 aliphatic heterocycles. The smallest absolute Gasteiger partial charge is 0.238 e. The Bertz CT molecular complexity index is 1010. The Morgan fingerprint density at radius 1 is 1.00 bits per heavy atom. The van der Waals surface area contributed by atoms with Gasteiger partial charge in [0.1, 0.15) is 11.5 Å². The number of nitrogens with one attached hydrogen (secondary N) is 1. The van der Waals surface area contributed by atoms with Crippen molar-refractivity contribution in [3.05, 3.63) is 65.9 Å². The van der Waals surface area contributed by atoms with Crippen LogP contribution in [0.1, 0.15) is 11.3 Å². The number of hydrogen-bond donors (Lipinski definition) is 2. The highest BCUT2D eigenvalue weighted by atomic mass is 32.2. The number of hydrogen-bond acceptors (Lipinski definition) is 4. The fourth-order valence-corrected chi connectivity index (χ4v) is 3.61. The van der Waals surface area contributed by atoms with Crippen LogP contribution in [0.25, 0.3) is 22.5 Å². The molecule has 130 valence electrons. The van der Waals surface area contributed by atoms with E-state index in [1.54, 1.807) is 18.2 Å². The van der Waals surface area contributed by atoms with E-state index in [1.807, 2.05) is 44.3 Å². The minimum Gasteiger partial charge on any atom is -0.461 e. The molecule has 0 spiro atoms. The summed E-state index contributed by atoms with van der Waals surface area (Å²) in [6.07, 6.45) is 0. The molecule has 5 nitrogen and oxygen atoms in total. The maximum atomic E-state index is 12.0. The van der Waals surface area contributed by atoms with Crippen molar-refractivity contribution < 1.29 is 12.8 Å². The summed E-state index contributed by atoms with van der Waals surface area (Å²) in [6, 6.07) is 16.4. The van der Waals surface area contributed by atoms with Crippen molar-refractivity contribution in [3.8, 4) is 22.5 Å². The van der Waals surface area contributed by atoms with Crippen LogP contribution in [0.4, 0.5) is 0 Å². The molecule has 1 aromatic heterocycles. The Balaban J connectivity index is 2.29. The van der Waals surface area contributed by atoms with E-state index in [2.05, 4.69) is 5.32 Å². The summed E-state index contributed by atoms with van der Waals surface area (Å²) in [5.74, 6) is 1.48. The average Bonchev–Trinajstić information content (AvgIpc) is 3.00. The summed E-state index contributed by atoms with van der Waals surface area (Å²) in [4.78, 5) is 0.0983. The quantitative estimate of drug-likeness (QED) is 0.734. The lowest BCUT2D eigenvalue weighted by Gasteiger charge is -2.14. The van der Waals surface area contributed by atoms with Gasteiger partial charge in [0.2, 0.25) is 10.0 Å². The minimum atomic E-state index is -3.85. The molecule has 0 aliphatic carbocycles. The maximum absolute atomic E-state index is 12.0. The Kier molecular flexibility index (Phi) is 4.76. The third-order valence-electron chi connectivity index (χ3n) is 3.95. The average molecular weight is 356 g/mol. The first-order valence-corrected chi connectivity index (χ1v) is 9.41. The first kappa shape index (κ1) is 17.4. The number of aryl methyl sites for hydroxylation is 1. The van der Waals surface area contributed by atoms with Crippen molar-refractivity contribution in [1.29, 1.82) is 0 Å². The van der Waals surface area contributed by atoms with E-state index >= 15 is 0 Å². The van der Waals surface area contributed by atoms with Gasteiger partial charge < -0.3 is 9.73 Å². The van der Waals surface area contributed by atoms with Crippen molar-refractivity contribution >= 4 is 10.0 Å². The van der Waals surface area contributed by atoms with Crippen molar-refractivity contribution in [2.75, 3.05) is 7.05 Å². The second kappa shape index (κ2) is 6.84. The molecule has 0 fully saturated rings. The number of rotatable bonds is 5. The summed E-state index contributed by atoms with van der Waals surface area (Å²) < 4.78 is 29.8. The van der Waals surface area contributed by atoms with Crippen LogP contribution in [-0.4, -0.2) is 15.5 Å². The predicted octanol–water partition coefficient (Wildman–Crippen LogP) is 3.29. The highest BCUT2D eigenvalue weighted by molar-refractivity contribution is 7.89. The number of primary sulfonamides is 1. The van der Waals surface area contributed by atoms with Gasteiger partial charge in [0.05, 0.1) is 4.90 Å². The molecule has 2 aromatic carbocycles. The molecule has 0 amide bonds. The zero-order chi connectivity index (χ0) is 18.0. The van der Waals surface area contributed by atoms with Crippen LogP contribution in [-0.2, 0) is 16.6 Å². The van der Waals surface area contributed by atoms with Gasteiger partial charge in [-0.15, -0.1) is 0 Å². The molecule has 1 heterocycles. The third kappa shape index (κ3) is 3.66. The third-order valence-corrected chi connectivity index (χ3v) is 4.92. The molecule has 6 heteroatoms. The summed E-state index contributed by atoms with van der Waals surface area (Å²) in [6.45, 7) is 2.54. The van der Waals surface area contributed by atoms with Crippen molar-refractivity contribution in [3.63, 3.8) is 0 Å². The monoisotopic (exact) mass is 356 g/mol. The normalized spacial score (nSPS) is 11.6. The van der Waals surface area contributed by atoms with Crippen molar-refractivity contribution in [1.82, 2.24) is 5.32 Å². The van der Waals surface area contributed by atoms with Crippen LogP contribution in [0.3, 0.4) is 0 Å². The molecule has 0 saturated carbocycles. The standard InChI is InChI=1S/C19H20N2O3S/c1-13-7-10-18(24-13)15-9-8-14(12-21-2)11-17(15)16-5-3-4-6-19(16)25(20,22)23/h3-11,21H,12H2,1-2H3,(H2,20,22,23). The molecular weight excluding hydrogens is 336 g/mol. The van der Waals surface area contributed by atoms with E-state index in [1.165, 1.54) is 6.07 Å². The zero-order valence-electron chi connectivity index (χ0n) is 14.1. The Morgan fingerprint density at radius 2 is 1.76 bits per heavy atom. The number of benzene rings is 2. The highest BCUT2D eigenvalue weighted by Crippen LogP contribution is 2.36. The van der Waals surface area contributed by atoms with Crippen LogP contribution in [0.15, 0.2) is 63.9 Å². The zero-order valence-corrected chi connectivity index (χ0v) is 14.9. The van der Waals surface area contributed by atoms with Gasteiger partial charge in [-0.2, -0.15) is 0 Å². The van der Waals surface area contributed by atoms with E-state index in [0.29, 0.717) is 17.9 Å². The lowest BCUT2D eigenvalue weighted by molar-refractivity contribution is 0.548. The molecule has 0 unspecified atom stereocenters. The second-order valence-corrected chi connectivity index (χ2v) is 7.39. The molecule has 3 N–H and O–H groups in total. The molecular formula is C19H20N2O3S. The Hall–Kier alpha value is -2.41. The van der Waals surface area contributed by atoms with Crippen molar-refractivity contribution in [2.24, 2.45) is 5.14 Å². The molecule has 0 atom stereocenters. The van der Waals surface area contributed by atoms with E-state index < -0.39 is 10.0 Å². The van der Waals surface area contributed by atoms with E-state index in [4.69, 9.17) is 9.56 Å². The van der Waals surface area contributed by atoms with Gasteiger partial charge in [-0.05, 0) is 49.4 Å². The van der Waals surface area contributed by atoms with Gasteiger partial charge in [-0.3, -0.25) is 0 Å². The van der Waals surface area contributed by atoms with Crippen LogP contribution in [0.2, 0.25) is 0 Å². The molecule has 0 saturated heterocycles. The summed E-state index contributed by atoms with van der Waals surface area (Å²) in [5, 5.41) is 8.53. The fraction of sp³-hybridized carbons (Fsp3) is 0.158. The number of nitrogens with two attached hydrogens (primary N) is 1. The van der Waals surface area contributed by atoms with Gasteiger partial charge in [-0.25, -0.2) is 13.6 Å². The molecule has 0 radical (unpaired) electrons. The van der Waals surface area contributed by atoms with Crippen LogP contribution < -0.4 is 10.5 Å². The molecule has 25 heavy (non-hydrogen) atoms.